The van der Waals surface area contributed by atoms with Crippen molar-refractivity contribution in [3.63, 3.8) is 0 Å². The van der Waals surface area contributed by atoms with Crippen LogP contribution in [0.5, 0.6) is 0 Å². The van der Waals surface area contributed by atoms with Crippen LogP contribution in [0.25, 0.3) is 0 Å². The van der Waals surface area contributed by atoms with Gasteiger partial charge < -0.3 is 16.0 Å². The van der Waals surface area contributed by atoms with E-state index in [9.17, 15) is 22.8 Å². The third-order valence-electron chi connectivity index (χ3n) is 7.78. The normalized spacial score (nSPS) is 17.3. The lowest BCUT2D eigenvalue weighted by molar-refractivity contribution is -0.139. The van der Waals surface area contributed by atoms with Gasteiger partial charge in [0, 0.05) is 32.0 Å². The molecule has 2 aliphatic heterocycles. The SMILES string of the molecule is CC(=O)NS(=O)(=O)N1CC2(CCN(C(=O)[C@@H](CCCc3ccccc3)NC(=O)C(C)(C)N)CC2)c2ccccc21. The fourth-order valence-electron chi connectivity index (χ4n) is 5.60. The Kier molecular flexibility index (Phi) is 8.55. The number of nitrogens with zero attached hydrogens (tertiary/aromatic N) is 2. The summed E-state index contributed by atoms with van der Waals surface area (Å²) in [5.74, 6) is -1.20. The molecule has 0 saturated carbocycles. The predicted octanol–water partition coefficient (Wildman–Crippen LogP) is 1.99. The van der Waals surface area contributed by atoms with E-state index in [1.54, 1.807) is 30.9 Å². The lowest BCUT2D eigenvalue weighted by atomic mass is 9.74. The van der Waals surface area contributed by atoms with Gasteiger partial charge >= 0.3 is 10.2 Å². The highest BCUT2D eigenvalue weighted by molar-refractivity contribution is 7.91. The van der Waals surface area contributed by atoms with Gasteiger partial charge in [-0.1, -0.05) is 48.5 Å². The Morgan fingerprint density at radius 3 is 2.27 bits per heavy atom. The summed E-state index contributed by atoms with van der Waals surface area (Å²) in [6.07, 6.45) is 3.07. The van der Waals surface area contributed by atoms with Crippen molar-refractivity contribution >= 4 is 33.6 Å². The molecule has 216 valence electrons. The molecule has 4 rings (SSSR count). The Balaban J connectivity index is 1.48. The largest absolute Gasteiger partial charge is 0.343 e. The number of rotatable bonds is 9. The predicted molar refractivity (Wildman–Crippen MR) is 154 cm³/mol. The molecule has 2 aromatic rings. The van der Waals surface area contributed by atoms with E-state index in [-0.39, 0.29) is 18.4 Å². The quantitative estimate of drug-likeness (QED) is 0.422. The van der Waals surface area contributed by atoms with E-state index in [1.807, 2.05) is 42.5 Å². The van der Waals surface area contributed by atoms with Gasteiger partial charge in [0.2, 0.25) is 17.7 Å². The van der Waals surface area contributed by atoms with E-state index in [2.05, 4.69) is 10.0 Å². The first-order chi connectivity index (χ1) is 18.8. The monoisotopic (exact) mass is 569 g/mol. The second kappa shape index (κ2) is 11.6. The number of nitrogens with two attached hydrogens (primary N) is 1. The third-order valence-corrected chi connectivity index (χ3v) is 9.23. The number of carbonyl (C=O) groups is 3. The number of benzene rings is 2. The van der Waals surface area contributed by atoms with Crippen LogP contribution in [0.3, 0.4) is 0 Å². The maximum atomic E-state index is 13.7. The average molecular weight is 570 g/mol. The molecule has 11 heteroatoms. The molecule has 0 aromatic heterocycles. The van der Waals surface area contributed by atoms with Crippen molar-refractivity contribution in [2.75, 3.05) is 23.9 Å². The first-order valence-corrected chi connectivity index (χ1v) is 15.1. The second-order valence-corrected chi connectivity index (χ2v) is 13.0. The van der Waals surface area contributed by atoms with Gasteiger partial charge in [-0.05, 0) is 63.1 Å². The number of piperidine rings is 1. The number of anilines is 1. The molecule has 40 heavy (non-hydrogen) atoms. The topological polar surface area (TPSA) is 142 Å². The highest BCUT2D eigenvalue weighted by atomic mass is 32.2. The standard InChI is InChI=1S/C29H39N5O5S/c1-21(35)32-40(38,39)34-20-29(23-13-7-8-15-25(23)34)16-18-33(19-17-29)26(36)24(31-27(37)28(2,3)30)14-9-12-22-10-5-4-6-11-22/h4-8,10-11,13,15,24H,9,12,14,16-20,30H2,1-3H3,(H,31,37)(H,32,35)/t24-/m1/s1. The van der Waals surface area contributed by atoms with Gasteiger partial charge in [-0.25, -0.2) is 4.72 Å². The average Bonchev–Trinajstić information content (AvgIpc) is 3.22. The van der Waals surface area contributed by atoms with E-state index < -0.39 is 33.1 Å². The Hall–Kier alpha value is -3.44. The molecule has 0 bridgehead atoms. The van der Waals surface area contributed by atoms with E-state index in [1.165, 1.54) is 11.2 Å². The molecule has 1 atom stereocenters. The smallest absolute Gasteiger partial charge is 0.326 e. The summed E-state index contributed by atoms with van der Waals surface area (Å²) in [6.45, 7) is 5.40. The molecule has 3 amide bonds. The van der Waals surface area contributed by atoms with E-state index in [0.717, 1.165) is 17.5 Å². The van der Waals surface area contributed by atoms with Crippen molar-refractivity contribution in [3.8, 4) is 0 Å². The molecular weight excluding hydrogens is 530 g/mol. The highest BCUT2D eigenvalue weighted by Gasteiger charge is 2.49. The molecule has 2 heterocycles. The minimum Gasteiger partial charge on any atom is -0.343 e. The van der Waals surface area contributed by atoms with Crippen molar-refractivity contribution in [2.45, 2.75) is 69.9 Å². The number of likely N-dealkylation sites (tertiary alicyclic amines) is 1. The fraction of sp³-hybridized carbons (Fsp3) is 0.483. The zero-order chi connectivity index (χ0) is 29.1. The summed E-state index contributed by atoms with van der Waals surface area (Å²) in [5.41, 5.74) is 7.01. The van der Waals surface area contributed by atoms with Crippen LogP contribution in [-0.4, -0.2) is 62.3 Å². The second-order valence-electron chi connectivity index (χ2n) is 11.4. The Morgan fingerprint density at radius 2 is 1.65 bits per heavy atom. The number of hydrogen-bond donors (Lipinski definition) is 3. The van der Waals surface area contributed by atoms with Crippen LogP contribution in [0.2, 0.25) is 0 Å². The van der Waals surface area contributed by atoms with Crippen molar-refractivity contribution in [2.24, 2.45) is 5.73 Å². The molecule has 1 spiro atoms. The molecule has 10 nitrogen and oxygen atoms in total. The molecule has 1 fully saturated rings. The number of amides is 3. The summed E-state index contributed by atoms with van der Waals surface area (Å²) in [5, 5.41) is 2.88. The van der Waals surface area contributed by atoms with Crippen LogP contribution in [-0.2, 0) is 36.4 Å². The lowest BCUT2D eigenvalue weighted by Crippen LogP contribution is -2.58. The Labute approximate surface area is 236 Å². The van der Waals surface area contributed by atoms with Gasteiger partial charge in [0.25, 0.3) is 0 Å². The Bertz CT molecular complexity index is 1350. The fourth-order valence-corrected chi connectivity index (χ4v) is 6.90. The first kappa shape index (κ1) is 29.5. The van der Waals surface area contributed by atoms with E-state index in [4.69, 9.17) is 5.73 Å². The number of fused-ring (bicyclic) bond motifs is 2. The molecule has 1 saturated heterocycles. The Morgan fingerprint density at radius 1 is 1.02 bits per heavy atom. The zero-order valence-electron chi connectivity index (χ0n) is 23.4. The van der Waals surface area contributed by atoms with Crippen LogP contribution >= 0.6 is 0 Å². The van der Waals surface area contributed by atoms with Gasteiger partial charge in [0.15, 0.2) is 0 Å². The van der Waals surface area contributed by atoms with Gasteiger partial charge in [0.1, 0.15) is 6.04 Å². The molecular formula is C29H39N5O5S. The molecule has 4 N–H and O–H groups in total. The van der Waals surface area contributed by atoms with Crippen LogP contribution in [0.1, 0.15) is 57.6 Å². The van der Waals surface area contributed by atoms with Gasteiger partial charge in [0.05, 0.1) is 11.2 Å². The number of para-hydroxylation sites is 1. The molecule has 0 aliphatic carbocycles. The maximum absolute atomic E-state index is 13.7. The maximum Gasteiger partial charge on any atom is 0.326 e. The van der Waals surface area contributed by atoms with Crippen molar-refractivity contribution in [3.05, 3.63) is 65.7 Å². The van der Waals surface area contributed by atoms with Crippen LogP contribution in [0.4, 0.5) is 5.69 Å². The lowest BCUT2D eigenvalue weighted by Gasteiger charge is -2.41. The van der Waals surface area contributed by atoms with Gasteiger partial charge in [-0.15, -0.1) is 0 Å². The minimum absolute atomic E-state index is 0.158. The van der Waals surface area contributed by atoms with Crippen molar-refractivity contribution < 1.29 is 22.8 Å². The van der Waals surface area contributed by atoms with Crippen LogP contribution < -0.4 is 20.1 Å². The van der Waals surface area contributed by atoms with Crippen LogP contribution in [0, 0.1) is 0 Å². The summed E-state index contributed by atoms with van der Waals surface area (Å²) >= 11 is 0. The van der Waals surface area contributed by atoms with Crippen LogP contribution in [0.15, 0.2) is 54.6 Å². The summed E-state index contributed by atoms with van der Waals surface area (Å²) < 4.78 is 29.3. The molecule has 2 aromatic carbocycles. The highest BCUT2D eigenvalue weighted by Crippen LogP contribution is 2.47. The summed E-state index contributed by atoms with van der Waals surface area (Å²) in [6, 6.07) is 16.6. The van der Waals surface area contributed by atoms with Crippen molar-refractivity contribution in [1.82, 2.24) is 14.9 Å². The number of carbonyl (C=O) groups excluding carboxylic acids is 3. The van der Waals surface area contributed by atoms with E-state index >= 15 is 0 Å². The first-order valence-electron chi connectivity index (χ1n) is 13.7. The summed E-state index contributed by atoms with van der Waals surface area (Å²) in [4.78, 5) is 39.8. The minimum atomic E-state index is -4.06. The zero-order valence-corrected chi connectivity index (χ0v) is 24.2. The van der Waals surface area contributed by atoms with Crippen molar-refractivity contribution in [1.29, 1.82) is 0 Å². The molecule has 0 unspecified atom stereocenters. The van der Waals surface area contributed by atoms with Gasteiger partial charge in [-0.2, -0.15) is 8.42 Å². The third kappa shape index (κ3) is 6.47. The number of hydrogen-bond acceptors (Lipinski definition) is 6. The number of aryl methyl sites for hydroxylation is 1. The van der Waals surface area contributed by atoms with Gasteiger partial charge in [-0.3, -0.25) is 18.7 Å². The van der Waals surface area contributed by atoms with E-state index in [0.29, 0.717) is 44.5 Å². The molecule has 0 radical (unpaired) electrons. The number of nitrogens with one attached hydrogen (secondary N) is 2. The molecule has 2 aliphatic rings. The summed E-state index contributed by atoms with van der Waals surface area (Å²) in [7, 11) is -4.06.